The highest BCUT2D eigenvalue weighted by Crippen LogP contribution is 2.14. The summed E-state index contributed by atoms with van der Waals surface area (Å²) in [7, 11) is -2.16. The van der Waals surface area contributed by atoms with Gasteiger partial charge in [0, 0.05) is 18.8 Å². The van der Waals surface area contributed by atoms with Crippen LogP contribution < -0.4 is 4.98 Å². The lowest BCUT2D eigenvalue weighted by Crippen LogP contribution is -2.61. The molecule has 0 atom stereocenters. The lowest BCUT2D eigenvalue weighted by molar-refractivity contribution is 0.164. The number of rotatable bonds is 7. The molecule has 0 bridgehead atoms. The summed E-state index contributed by atoms with van der Waals surface area (Å²) in [5, 5.41) is 0. The summed E-state index contributed by atoms with van der Waals surface area (Å²) in [4.78, 5) is 3.52. The maximum absolute atomic E-state index is 5.71. The van der Waals surface area contributed by atoms with Crippen molar-refractivity contribution >= 4 is 8.72 Å². The molecule has 0 aliphatic rings. The predicted octanol–water partition coefficient (Wildman–Crippen LogP) is 2.41. The summed E-state index contributed by atoms with van der Waals surface area (Å²) in [5.74, 6) is 0. The first-order valence-corrected chi connectivity index (χ1v) is 7.78. The fourth-order valence-corrected chi connectivity index (χ4v) is 4.10. The summed E-state index contributed by atoms with van der Waals surface area (Å²) >= 11 is 0. The summed E-state index contributed by atoms with van der Waals surface area (Å²) in [6, 6.07) is 0. The lowest BCUT2D eigenvalue weighted by Gasteiger charge is -2.35. The van der Waals surface area contributed by atoms with Crippen molar-refractivity contribution in [2.45, 2.75) is 53.1 Å². The van der Waals surface area contributed by atoms with Gasteiger partial charge in [-0.2, -0.15) is 0 Å². The largest absolute Gasteiger partial charge is 0.422 e. The van der Waals surface area contributed by atoms with Crippen molar-refractivity contribution in [2.75, 3.05) is 13.2 Å². The third-order valence-electron chi connectivity index (χ3n) is 2.29. The van der Waals surface area contributed by atoms with Crippen LogP contribution in [0.2, 0.25) is 6.55 Å². The molecule has 0 aliphatic heterocycles. The van der Waals surface area contributed by atoms with Gasteiger partial charge in [-0.15, -0.1) is 0 Å². The van der Waals surface area contributed by atoms with Crippen LogP contribution >= 0.6 is 0 Å². The van der Waals surface area contributed by atoms with Gasteiger partial charge in [0.1, 0.15) is 0 Å². The molecule has 0 saturated carbocycles. The minimum absolute atomic E-state index is 0.0886. The molecule has 0 unspecified atom stereocenters. The van der Waals surface area contributed by atoms with E-state index in [-0.39, 0.29) is 5.54 Å². The van der Waals surface area contributed by atoms with Crippen molar-refractivity contribution in [1.82, 2.24) is 4.98 Å². The molecule has 0 spiro atoms. The zero-order valence-electron chi connectivity index (χ0n) is 10.4. The zero-order valence-corrected chi connectivity index (χ0v) is 11.4. The van der Waals surface area contributed by atoms with E-state index in [1.54, 1.807) is 0 Å². The fourth-order valence-electron chi connectivity index (χ4n) is 1.37. The number of hydrogen-bond donors (Lipinski definition) is 1. The molecule has 3 nitrogen and oxygen atoms in total. The molecule has 1 N–H and O–H groups in total. The van der Waals surface area contributed by atoms with Crippen molar-refractivity contribution in [2.24, 2.45) is 0 Å². The van der Waals surface area contributed by atoms with E-state index in [1.807, 2.05) is 13.8 Å². The topological polar surface area (TPSA) is 30.5 Å². The normalized spacial score (nSPS) is 13.3. The van der Waals surface area contributed by atoms with Crippen molar-refractivity contribution in [1.29, 1.82) is 0 Å². The Morgan fingerprint density at radius 2 is 1.50 bits per heavy atom. The van der Waals surface area contributed by atoms with Crippen LogP contribution in [0.4, 0.5) is 0 Å². The standard InChI is InChI=1S/C10H25NO2Si/c1-7-10(4,5)11-14(6,12-8-2)13-9-3/h11H,7-9H2,1-6H3. The van der Waals surface area contributed by atoms with Gasteiger partial charge in [0.2, 0.25) is 0 Å². The Kier molecular flexibility index (Phi) is 5.89. The predicted molar refractivity (Wildman–Crippen MR) is 62.4 cm³/mol. The minimum atomic E-state index is -2.16. The first-order chi connectivity index (χ1) is 6.39. The van der Waals surface area contributed by atoms with Crippen LogP contribution in [0, 0.1) is 0 Å². The maximum atomic E-state index is 5.71. The maximum Gasteiger partial charge on any atom is 0.422 e. The molecule has 0 saturated heterocycles. The Bertz CT molecular complexity index is 156. The average molecular weight is 219 g/mol. The first kappa shape index (κ1) is 14.1. The third-order valence-corrected chi connectivity index (χ3v) is 5.10. The summed E-state index contributed by atoms with van der Waals surface area (Å²) < 4.78 is 11.4. The van der Waals surface area contributed by atoms with E-state index in [0.29, 0.717) is 13.2 Å². The molecule has 0 fully saturated rings. The molecule has 0 aromatic rings. The Labute approximate surface area is 89.5 Å². The lowest BCUT2D eigenvalue weighted by atomic mass is 10.0. The summed E-state index contributed by atoms with van der Waals surface area (Å²) in [5.41, 5.74) is 0.0886. The summed E-state index contributed by atoms with van der Waals surface area (Å²) in [6.07, 6.45) is 1.07. The van der Waals surface area contributed by atoms with E-state index >= 15 is 0 Å². The van der Waals surface area contributed by atoms with E-state index < -0.39 is 8.72 Å². The molecule has 0 heterocycles. The smallest absolute Gasteiger partial charge is 0.383 e. The van der Waals surface area contributed by atoms with Crippen LogP contribution in [0.3, 0.4) is 0 Å². The monoisotopic (exact) mass is 219 g/mol. The molecule has 0 aromatic heterocycles. The van der Waals surface area contributed by atoms with Gasteiger partial charge in [0.05, 0.1) is 0 Å². The quantitative estimate of drug-likeness (QED) is 0.667. The molecule has 0 aromatic carbocycles. The van der Waals surface area contributed by atoms with Crippen LogP contribution in [0.25, 0.3) is 0 Å². The Hall–Kier alpha value is 0.0969. The summed E-state index contributed by atoms with van der Waals surface area (Å²) in [6.45, 7) is 14.0. The van der Waals surface area contributed by atoms with E-state index in [0.717, 1.165) is 6.42 Å². The molecule has 0 amide bonds. The molecule has 14 heavy (non-hydrogen) atoms. The van der Waals surface area contributed by atoms with E-state index in [4.69, 9.17) is 8.85 Å². The van der Waals surface area contributed by atoms with Crippen LogP contribution in [0.5, 0.6) is 0 Å². The fraction of sp³-hybridized carbons (Fsp3) is 1.00. The molecule has 0 rings (SSSR count). The average Bonchev–Trinajstić information content (AvgIpc) is 2.03. The molecular weight excluding hydrogens is 194 g/mol. The highest BCUT2D eigenvalue weighted by Gasteiger charge is 2.36. The molecule has 4 heteroatoms. The second-order valence-electron chi connectivity index (χ2n) is 4.17. The van der Waals surface area contributed by atoms with Gasteiger partial charge in [-0.1, -0.05) is 6.92 Å². The van der Waals surface area contributed by atoms with Gasteiger partial charge in [-0.25, -0.2) is 0 Å². The van der Waals surface area contributed by atoms with Gasteiger partial charge in [0.15, 0.2) is 0 Å². The van der Waals surface area contributed by atoms with Gasteiger partial charge >= 0.3 is 8.72 Å². The van der Waals surface area contributed by atoms with Crippen molar-refractivity contribution in [3.63, 3.8) is 0 Å². The van der Waals surface area contributed by atoms with E-state index in [9.17, 15) is 0 Å². The van der Waals surface area contributed by atoms with Crippen molar-refractivity contribution in [3.8, 4) is 0 Å². The van der Waals surface area contributed by atoms with E-state index in [1.165, 1.54) is 0 Å². The van der Waals surface area contributed by atoms with Crippen LogP contribution in [-0.4, -0.2) is 27.5 Å². The van der Waals surface area contributed by atoms with Crippen LogP contribution in [0.15, 0.2) is 0 Å². The highest BCUT2D eigenvalue weighted by molar-refractivity contribution is 6.63. The van der Waals surface area contributed by atoms with E-state index in [2.05, 4.69) is 32.3 Å². The number of hydrogen-bond acceptors (Lipinski definition) is 3. The SMILES string of the molecule is CCO[Si](C)(NC(C)(C)CC)OCC. The first-order valence-electron chi connectivity index (χ1n) is 5.46. The Morgan fingerprint density at radius 3 is 1.79 bits per heavy atom. The second-order valence-corrected chi connectivity index (χ2v) is 6.89. The van der Waals surface area contributed by atoms with Crippen molar-refractivity contribution in [3.05, 3.63) is 0 Å². The Balaban J connectivity index is 4.34. The van der Waals surface area contributed by atoms with Crippen LogP contribution in [0.1, 0.15) is 41.0 Å². The van der Waals surface area contributed by atoms with Crippen molar-refractivity contribution < 1.29 is 8.85 Å². The van der Waals surface area contributed by atoms with Crippen LogP contribution in [-0.2, 0) is 8.85 Å². The molecule has 86 valence electrons. The third kappa shape index (κ3) is 5.10. The molecular formula is C10H25NO2Si. The number of nitrogens with one attached hydrogen (secondary N) is 1. The second kappa shape index (κ2) is 5.85. The van der Waals surface area contributed by atoms with Gasteiger partial charge in [-0.3, -0.25) is 4.98 Å². The highest BCUT2D eigenvalue weighted by atomic mass is 28.4. The van der Waals surface area contributed by atoms with Gasteiger partial charge in [0.25, 0.3) is 0 Å². The molecule has 0 radical (unpaired) electrons. The molecule has 0 aliphatic carbocycles. The Morgan fingerprint density at radius 1 is 1.07 bits per heavy atom. The minimum Gasteiger partial charge on any atom is -0.383 e. The van der Waals surface area contributed by atoms with Gasteiger partial charge in [-0.05, 0) is 40.7 Å². The zero-order chi connectivity index (χ0) is 11.2. The van der Waals surface area contributed by atoms with Gasteiger partial charge < -0.3 is 8.85 Å².